The summed E-state index contributed by atoms with van der Waals surface area (Å²) in [5.74, 6) is 3.73. The van der Waals surface area contributed by atoms with Crippen LogP contribution in [-0.2, 0) is 9.47 Å². The van der Waals surface area contributed by atoms with E-state index in [2.05, 4.69) is 13.8 Å². The Kier molecular flexibility index (Phi) is 8.84. The van der Waals surface area contributed by atoms with Gasteiger partial charge in [0.25, 0.3) is 0 Å². The lowest BCUT2D eigenvalue weighted by atomic mass is 9.76. The Balaban J connectivity index is 1.52. The molecule has 0 radical (unpaired) electrons. The molecule has 0 aromatic heterocycles. The first kappa shape index (κ1) is 18.3. The van der Waals surface area contributed by atoms with Gasteiger partial charge in [0.05, 0.1) is 0 Å². The highest BCUT2D eigenvalue weighted by molar-refractivity contribution is 4.76. The van der Waals surface area contributed by atoms with Crippen LogP contribution in [0.25, 0.3) is 0 Å². The third-order valence-corrected chi connectivity index (χ3v) is 6.03. The Morgan fingerprint density at radius 1 is 0.545 bits per heavy atom. The van der Waals surface area contributed by atoms with E-state index >= 15 is 0 Å². The minimum atomic E-state index is 0.852. The molecule has 0 bridgehead atoms. The van der Waals surface area contributed by atoms with Gasteiger partial charge in [-0.05, 0) is 63.2 Å². The summed E-state index contributed by atoms with van der Waals surface area (Å²) in [5, 5.41) is 0. The van der Waals surface area contributed by atoms with Gasteiger partial charge in [-0.15, -0.1) is 0 Å². The second-order valence-electron chi connectivity index (χ2n) is 7.67. The topological polar surface area (TPSA) is 18.5 Å². The van der Waals surface area contributed by atoms with Crippen molar-refractivity contribution >= 4 is 0 Å². The molecule has 0 aromatic rings. The van der Waals surface area contributed by atoms with Crippen LogP contribution in [0.4, 0.5) is 0 Å². The second kappa shape index (κ2) is 10.6. The maximum absolute atomic E-state index is 5.59. The zero-order valence-electron chi connectivity index (χ0n) is 15.0. The molecule has 2 heteroatoms. The lowest BCUT2D eigenvalue weighted by Crippen LogP contribution is -2.21. The van der Waals surface area contributed by atoms with Crippen LogP contribution in [-0.4, -0.2) is 26.4 Å². The normalized spacial score (nSPS) is 33.0. The lowest BCUT2D eigenvalue weighted by Gasteiger charge is -2.31. The SMILES string of the molecule is CCOCC1CCC(CC[C@H]2CC[C@H](COCC)CC2)CC1. The van der Waals surface area contributed by atoms with E-state index in [1.807, 2.05) is 0 Å². The van der Waals surface area contributed by atoms with Crippen molar-refractivity contribution in [1.82, 2.24) is 0 Å². The fraction of sp³-hybridized carbons (Fsp3) is 1.00. The Hall–Kier alpha value is -0.0800. The Labute approximate surface area is 138 Å². The summed E-state index contributed by atoms with van der Waals surface area (Å²) in [6, 6.07) is 0. The van der Waals surface area contributed by atoms with Crippen LogP contribution in [0.2, 0.25) is 0 Å². The minimum Gasteiger partial charge on any atom is -0.381 e. The van der Waals surface area contributed by atoms with Crippen molar-refractivity contribution in [3.63, 3.8) is 0 Å². The van der Waals surface area contributed by atoms with Gasteiger partial charge in [0, 0.05) is 26.4 Å². The largest absolute Gasteiger partial charge is 0.381 e. The summed E-state index contributed by atoms with van der Waals surface area (Å²) in [6.07, 6.45) is 14.4. The van der Waals surface area contributed by atoms with Gasteiger partial charge in [0.15, 0.2) is 0 Å². The smallest absolute Gasteiger partial charge is 0.0494 e. The molecule has 2 nitrogen and oxygen atoms in total. The molecular weight excluding hydrogens is 272 g/mol. The highest BCUT2D eigenvalue weighted by atomic mass is 16.5. The van der Waals surface area contributed by atoms with E-state index in [9.17, 15) is 0 Å². The van der Waals surface area contributed by atoms with Gasteiger partial charge >= 0.3 is 0 Å². The van der Waals surface area contributed by atoms with Gasteiger partial charge < -0.3 is 9.47 Å². The number of hydrogen-bond donors (Lipinski definition) is 0. The van der Waals surface area contributed by atoms with Crippen LogP contribution in [0.3, 0.4) is 0 Å². The van der Waals surface area contributed by atoms with Crippen molar-refractivity contribution in [3.8, 4) is 0 Å². The first-order chi connectivity index (χ1) is 10.8. The van der Waals surface area contributed by atoms with Crippen molar-refractivity contribution in [3.05, 3.63) is 0 Å². The summed E-state index contributed by atoms with van der Waals surface area (Å²) in [4.78, 5) is 0. The monoisotopic (exact) mass is 310 g/mol. The van der Waals surface area contributed by atoms with Crippen molar-refractivity contribution in [2.45, 2.75) is 78.1 Å². The Morgan fingerprint density at radius 2 is 0.864 bits per heavy atom. The van der Waals surface area contributed by atoms with E-state index in [1.54, 1.807) is 0 Å². The molecule has 2 rings (SSSR count). The molecule has 0 amide bonds. The third-order valence-electron chi connectivity index (χ3n) is 6.03. The summed E-state index contributed by atoms with van der Waals surface area (Å²) >= 11 is 0. The van der Waals surface area contributed by atoms with Crippen molar-refractivity contribution in [2.24, 2.45) is 23.7 Å². The maximum Gasteiger partial charge on any atom is 0.0494 e. The van der Waals surface area contributed by atoms with Crippen molar-refractivity contribution in [2.75, 3.05) is 26.4 Å². The molecule has 2 fully saturated rings. The molecule has 2 aliphatic carbocycles. The maximum atomic E-state index is 5.59. The molecule has 0 spiro atoms. The van der Waals surface area contributed by atoms with E-state index in [4.69, 9.17) is 9.47 Å². The summed E-state index contributed by atoms with van der Waals surface area (Å²) in [6.45, 7) is 7.99. The van der Waals surface area contributed by atoms with Crippen LogP contribution in [0.5, 0.6) is 0 Å². The first-order valence-corrected chi connectivity index (χ1v) is 9.97. The fourth-order valence-electron chi connectivity index (χ4n) is 4.41. The first-order valence-electron chi connectivity index (χ1n) is 9.97. The molecule has 0 heterocycles. The third kappa shape index (κ3) is 6.58. The molecule has 0 unspecified atom stereocenters. The van der Waals surface area contributed by atoms with Crippen molar-refractivity contribution in [1.29, 1.82) is 0 Å². The van der Waals surface area contributed by atoms with Crippen LogP contribution < -0.4 is 0 Å². The molecular formula is C20H38O2. The molecule has 130 valence electrons. The number of hydrogen-bond acceptors (Lipinski definition) is 2. The summed E-state index contributed by atoms with van der Waals surface area (Å²) in [5.41, 5.74) is 0. The second-order valence-corrected chi connectivity index (χ2v) is 7.67. The fourth-order valence-corrected chi connectivity index (χ4v) is 4.41. The van der Waals surface area contributed by atoms with Gasteiger partial charge in [-0.3, -0.25) is 0 Å². The average molecular weight is 311 g/mol. The Morgan fingerprint density at radius 3 is 1.18 bits per heavy atom. The molecule has 0 aliphatic heterocycles. The highest BCUT2D eigenvalue weighted by Gasteiger charge is 2.24. The van der Waals surface area contributed by atoms with E-state index in [0.717, 1.165) is 50.1 Å². The van der Waals surface area contributed by atoms with E-state index in [-0.39, 0.29) is 0 Å². The predicted molar refractivity (Wildman–Crippen MR) is 93.1 cm³/mol. The minimum absolute atomic E-state index is 0.852. The number of rotatable bonds is 9. The predicted octanol–water partition coefficient (Wildman–Crippen LogP) is 5.45. The Bertz CT molecular complexity index is 235. The molecule has 0 N–H and O–H groups in total. The number of ether oxygens (including phenoxy) is 2. The molecule has 0 aromatic carbocycles. The standard InChI is InChI=1S/C20H38O2/c1-3-21-15-19-11-7-17(8-12-19)5-6-18-9-13-20(14-10-18)16-22-4-2/h17-20H,3-16H2,1-2H3/t17-,18?,19-,20?. The van der Waals surface area contributed by atoms with Crippen molar-refractivity contribution < 1.29 is 9.47 Å². The zero-order valence-corrected chi connectivity index (χ0v) is 15.0. The van der Waals surface area contributed by atoms with E-state index in [1.165, 1.54) is 64.2 Å². The average Bonchev–Trinajstić information content (AvgIpc) is 2.58. The van der Waals surface area contributed by atoms with Gasteiger partial charge in [0.2, 0.25) is 0 Å². The molecule has 22 heavy (non-hydrogen) atoms. The van der Waals surface area contributed by atoms with Crippen LogP contribution >= 0.6 is 0 Å². The molecule has 2 aliphatic rings. The van der Waals surface area contributed by atoms with Crippen LogP contribution in [0.1, 0.15) is 78.1 Å². The lowest BCUT2D eigenvalue weighted by molar-refractivity contribution is 0.0791. The molecule has 0 atom stereocenters. The molecule has 0 saturated heterocycles. The van der Waals surface area contributed by atoms with Gasteiger partial charge in [-0.2, -0.15) is 0 Å². The van der Waals surface area contributed by atoms with Gasteiger partial charge in [-0.1, -0.05) is 38.5 Å². The van der Waals surface area contributed by atoms with Gasteiger partial charge in [0.1, 0.15) is 0 Å². The van der Waals surface area contributed by atoms with Crippen LogP contribution in [0.15, 0.2) is 0 Å². The van der Waals surface area contributed by atoms with E-state index in [0.29, 0.717) is 0 Å². The molecule has 2 saturated carbocycles. The van der Waals surface area contributed by atoms with E-state index < -0.39 is 0 Å². The summed E-state index contributed by atoms with van der Waals surface area (Å²) in [7, 11) is 0. The van der Waals surface area contributed by atoms with Crippen LogP contribution in [0, 0.1) is 23.7 Å². The highest BCUT2D eigenvalue weighted by Crippen LogP contribution is 2.36. The summed E-state index contributed by atoms with van der Waals surface area (Å²) < 4.78 is 11.2. The van der Waals surface area contributed by atoms with Gasteiger partial charge in [-0.25, -0.2) is 0 Å². The zero-order chi connectivity index (χ0) is 15.6. The quantitative estimate of drug-likeness (QED) is 0.563.